The summed E-state index contributed by atoms with van der Waals surface area (Å²) in [6.07, 6.45) is 2.40. The molecule has 0 saturated heterocycles. The Labute approximate surface area is 170 Å². The molecule has 0 radical (unpaired) electrons. The molecule has 0 fully saturated rings. The third kappa shape index (κ3) is 4.93. The standard InChI is InChI=1S/C22H26N4O3/c1-15(2)14-24-22(28)20-25-19(18-9-4-5-12-26(18)20)21(27)23-11-10-16-7-6-8-17(13-16)29-3/h4-9,12-13,15H,10-11,14H2,1-3H3,(H,23,27)(H,24,28). The highest BCUT2D eigenvalue weighted by molar-refractivity contribution is 6.02. The molecule has 0 unspecified atom stereocenters. The first-order chi connectivity index (χ1) is 14.0. The number of nitrogens with one attached hydrogen (secondary N) is 2. The summed E-state index contributed by atoms with van der Waals surface area (Å²) in [5.74, 6) is 0.713. The van der Waals surface area contributed by atoms with E-state index in [9.17, 15) is 9.59 Å². The third-order valence-electron chi connectivity index (χ3n) is 4.47. The van der Waals surface area contributed by atoms with Crippen molar-refractivity contribution in [3.63, 3.8) is 0 Å². The van der Waals surface area contributed by atoms with E-state index >= 15 is 0 Å². The van der Waals surface area contributed by atoms with E-state index in [1.165, 1.54) is 0 Å². The summed E-state index contributed by atoms with van der Waals surface area (Å²) in [6, 6.07) is 13.1. The predicted molar refractivity (Wildman–Crippen MR) is 111 cm³/mol. The molecule has 3 rings (SSSR count). The maximum absolute atomic E-state index is 12.7. The number of rotatable bonds is 8. The molecule has 0 aliphatic carbocycles. The lowest BCUT2D eigenvalue weighted by molar-refractivity contribution is 0.0938. The van der Waals surface area contributed by atoms with Crippen LogP contribution >= 0.6 is 0 Å². The fourth-order valence-corrected chi connectivity index (χ4v) is 2.97. The molecule has 0 bridgehead atoms. The average Bonchev–Trinajstić information content (AvgIpc) is 3.12. The van der Waals surface area contributed by atoms with Crippen LogP contribution in [0.15, 0.2) is 48.7 Å². The average molecular weight is 394 g/mol. The zero-order valence-electron chi connectivity index (χ0n) is 16.9. The minimum absolute atomic E-state index is 0.208. The van der Waals surface area contributed by atoms with Crippen LogP contribution in [0.2, 0.25) is 0 Å². The second-order valence-corrected chi connectivity index (χ2v) is 7.20. The summed E-state index contributed by atoms with van der Waals surface area (Å²) in [5, 5.41) is 5.74. The highest BCUT2D eigenvalue weighted by atomic mass is 16.5. The first-order valence-electron chi connectivity index (χ1n) is 9.66. The minimum atomic E-state index is -0.306. The Morgan fingerprint density at radius 1 is 1.10 bits per heavy atom. The van der Waals surface area contributed by atoms with Crippen LogP contribution in [0.25, 0.3) is 5.52 Å². The SMILES string of the molecule is COc1cccc(CCNC(=O)c2nc(C(=O)NCC(C)C)n3ccccc23)c1. The number of ether oxygens (including phenoxy) is 1. The first-order valence-corrected chi connectivity index (χ1v) is 9.66. The van der Waals surface area contributed by atoms with Crippen LogP contribution in [0.1, 0.15) is 40.5 Å². The van der Waals surface area contributed by atoms with Gasteiger partial charge in [0, 0.05) is 19.3 Å². The summed E-state index contributed by atoms with van der Waals surface area (Å²) < 4.78 is 6.87. The van der Waals surface area contributed by atoms with Crippen LogP contribution in [0, 0.1) is 5.92 Å². The number of pyridine rings is 1. The van der Waals surface area contributed by atoms with Gasteiger partial charge in [0.1, 0.15) is 5.75 Å². The van der Waals surface area contributed by atoms with Crippen molar-refractivity contribution in [1.29, 1.82) is 0 Å². The van der Waals surface area contributed by atoms with Crippen molar-refractivity contribution in [2.24, 2.45) is 5.92 Å². The van der Waals surface area contributed by atoms with Crippen LogP contribution in [0.4, 0.5) is 0 Å². The number of methoxy groups -OCH3 is 1. The van der Waals surface area contributed by atoms with Gasteiger partial charge in [-0.15, -0.1) is 0 Å². The summed E-state index contributed by atoms with van der Waals surface area (Å²) >= 11 is 0. The van der Waals surface area contributed by atoms with Crippen molar-refractivity contribution in [2.45, 2.75) is 20.3 Å². The van der Waals surface area contributed by atoms with Crippen molar-refractivity contribution < 1.29 is 14.3 Å². The van der Waals surface area contributed by atoms with E-state index in [4.69, 9.17) is 4.74 Å². The fourth-order valence-electron chi connectivity index (χ4n) is 2.97. The second kappa shape index (κ2) is 9.23. The largest absolute Gasteiger partial charge is 0.497 e. The zero-order valence-corrected chi connectivity index (χ0v) is 16.9. The number of benzene rings is 1. The molecule has 3 aromatic rings. The second-order valence-electron chi connectivity index (χ2n) is 7.20. The summed E-state index contributed by atoms with van der Waals surface area (Å²) in [5.41, 5.74) is 1.90. The molecule has 152 valence electrons. The lowest BCUT2D eigenvalue weighted by Crippen LogP contribution is -2.29. The van der Waals surface area contributed by atoms with E-state index in [2.05, 4.69) is 15.6 Å². The molecular formula is C22H26N4O3. The number of carbonyl (C=O) groups excluding carboxylic acids is 2. The number of imidazole rings is 1. The predicted octanol–water partition coefficient (Wildman–Crippen LogP) is 2.70. The molecule has 0 saturated carbocycles. The Morgan fingerprint density at radius 3 is 2.69 bits per heavy atom. The lowest BCUT2D eigenvalue weighted by Gasteiger charge is -2.06. The van der Waals surface area contributed by atoms with Gasteiger partial charge in [-0.05, 0) is 42.2 Å². The Kier molecular flexibility index (Phi) is 6.49. The summed E-state index contributed by atoms with van der Waals surface area (Å²) in [6.45, 7) is 5.03. The number of carbonyl (C=O) groups is 2. The van der Waals surface area contributed by atoms with Gasteiger partial charge in [0.05, 0.1) is 12.6 Å². The Hall–Kier alpha value is -3.35. The molecule has 2 aromatic heterocycles. The quantitative estimate of drug-likeness (QED) is 0.615. The number of amides is 2. The van der Waals surface area contributed by atoms with Gasteiger partial charge < -0.3 is 15.4 Å². The van der Waals surface area contributed by atoms with Crippen molar-refractivity contribution in [1.82, 2.24) is 20.0 Å². The van der Waals surface area contributed by atoms with Gasteiger partial charge in [-0.3, -0.25) is 14.0 Å². The van der Waals surface area contributed by atoms with Gasteiger partial charge in [-0.25, -0.2) is 4.98 Å². The summed E-state index contributed by atoms with van der Waals surface area (Å²) in [7, 11) is 1.62. The lowest BCUT2D eigenvalue weighted by atomic mass is 10.1. The molecule has 2 heterocycles. The molecule has 7 heteroatoms. The van der Waals surface area contributed by atoms with Crippen molar-refractivity contribution >= 4 is 17.3 Å². The molecular weight excluding hydrogens is 368 g/mol. The van der Waals surface area contributed by atoms with E-state index in [1.807, 2.05) is 44.2 Å². The monoisotopic (exact) mass is 394 g/mol. The van der Waals surface area contributed by atoms with Crippen LogP contribution in [0.3, 0.4) is 0 Å². The number of fused-ring (bicyclic) bond motifs is 1. The van der Waals surface area contributed by atoms with Gasteiger partial charge >= 0.3 is 0 Å². The normalized spacial score (nSPS) is 10.9. The van der Waals surface area contributed by atoms with Gasteiger partial charge in [-0.1, -0.05) is 32.0 Å². The minimum Gasteiger partial charge on any atom is -0.497 e. The Morgan fingerprint density at radius 2 is 1.93 bits per heavy atom. The highest BCUT2D eigenvalue weighted by Gasteiger charge is 2.21. The number of hydrogen-bond donors (Lipinski definition) is 2. The van der Waals surface area contributed by atoms with Crippen LogP contribution in [0.5, 0.6) is 5.75 Å². The third-order valence-corrected chi connectivity index (χ3v) is 4.47. The van der Waals surface area contributed by atoms with Gasteiger partial charge in [0.15, 0.2) is 5.69 Å². The van der Waals surface area contributed by atoms with Gasteiger partial charge in [-0.2, -0.15) is 0 Å². The molecule has 2 amide bonds. The van der Waals surface area contributed by atoms with Crippen molar-refractivity contribution in [3.05, 3.63) is 65.7 Å². The van der Waals surface area contributed by atoms with E-state index in [0.717, 1.165) is 11.3 Å². The number of hydrogen-bond acceptors (Lipinski definition) is 4. The van der Waals surface area contributed by atoms with Crippen LogP contribution in [-0.4, -0.2) is 41.4 Å². The van der Waals surface area contributed by atoms with Crippen molar-refractivity contribution in [3.8, 4) is 5.75 Å². The highest BCUT2D eigenvalue weighted by Crippen LogP contribution is 2.15. The number of aromatic nitrogens is 2. The topological polar surface area (TPSA) is 84.7 Å². The molecule has 0 aliphatic heterocycles. The fraction of sp³-hybridized carbons (Fsp3) is 0.318. The Bertz CT molecular complexity index is 1010. The van der Waals surface area contributed by atoms with E-state index in [0.29, 0.717) is 30.9 Å². The molecule has 0 aliphatic rings. The summed E-state index contributed by atoms with van der Waals surface area (Å²) in [4.78, 5) is 29.6. The maximum Gasteiger partial charge on any atom is 0.287 e. The smallest absolute Gasteiger partial charge is 0.287 e. The molecule has 2 N–H and O–H groups in total. The van der Waals surface area contributed by atoms with E-state index < -0.39 is 0 Å². The maximum atomic E-state index is 12.7. The van der Waals surface area contributed by atoms with Gasteiger partial charge in [0.25, 0.3) is 11.8 Å². The first kappa shape index (κ1) is 20.4. The van der Waals surface area contributed by atoms with Crippen molar-refractivity contribution in [2.75, 3.05) is 20.2 Å². The molecule has 29 heavy (non-hydrogen) atoms. The molecule has 0 atom stereocenters. The Balaban J connectivity index is 1.73. The molecule has 1 aromatic carbocycles. The van der Waals surface area contributed by atoms with Crippen LogP contribution < -0.4 is 15.4 Å². The van der Waals surface area contributed by atoms with E-state index in [1.54, 1.807) is 29.8 Å². The zero-order chi connectivity index (χ0) is 20.8. The molecule has 7 nitrogen and oxygen atoms in total. The van der Waals surface area contributed by atoms with Gasteiger partial charge in [0.2, 0.25) is 5.82 Å². The van der Waals surface area contributed by atoms with E-state index in [-0.39, 0.29) is 23.3 Å². The van der Waals surface area contributed by atoms with Crippen LogP contribution in [-0.2, 0) is 6.42 Å². The number of nitrogens with zero attached hydrogens (tertiary/aromatic N) is 2. The molecule has 0 spiro atoms.